The summed E-state index contributed by atoms with van der Waals surface area (Å²) in [4.78, 5) is 33.2. The first-order valence-corrected chi connectivity index (χ1v) is 9.76. The maximum absolute atomic E-state index is 13.8. The number of rotatable bonds is 4. The van der Waals surface area contributed by atoms with Crippen molar-refractivity contribution in [3.05, 3.63) is 63.1 Å². The number of hydrogen-bond donors (Lipinski definition) is 2. The molecule has 0 saturated carbocycles. The van der Waals surface area contributed by atoms with Crippen molar-refractivity contribution in [2.75, 3.05) is 19.6 Å². The third-order valence-corrected chi connectivity index (χ3v) is 6.12. The van der Waals surface area contributed by atoms with Crippen molar-refractivity contribution in [1.29, 1.82) is 0 Å². The highest BCUT2D eigenvalue weighted by atomic mass is 19.1. The van der Waals surface area contributed by atoms with E-state index in [0.29, 0.717) is 36.9 Å². The number of amides is 1. The van der Waals surface area contributed by atoms with Gasteiger partial charge in [0.1, 0.15) is 5.82 Å². The summed E-state index contributed by atoms with van der Waals surface area (Å²) in [7, 11) is 0. The first-order chi connectivity index (χ1) is 13.4. The Hall–Kier alpha value is -2.54. The number of benzene rings is 1. The molecule has 0 aliphatic carbocycles. The van der Waals surface area contributed by atoms with E-state index in [1.807, 2.05) is 17.9 Å². The van der Waals surface area contributed by atoms with Gasteiger partial charge in [0.2, 0.25) is 5.91 Å². The summed E-state index contributed by atoms with van der Waals surface area (Å²) in [5, 5.41) is 3.40. The lowest BCUT2D eigenvalue weighted by Crippen LogP contribution is -2.35. The number of hydrogen-bond acceptors (Lipinski definition) is 4. The summed E-state index contributed by atoms with van der Waals surface area (Å²) >= 11 is 0. The lowest BCUT2D eigenvalue weighted by molar-refractivity contribution is -0.132. The number of nitrogens with zero attached hydrogens (tertiary/aromatic N) is 2. The molecule has 0 bridgehead atoms. The molecule has 1 amide bonds. The molecule has 2 aromatic rings. The summed E-state index contributed by atoms with van der Waals surface area (Å²) in [5.41, 5.74) is 2.84. The predicted octanol–water partition coefficient (Wildman–Crippen LogP) is 1.88. The zero-order valence-electron chi connectivity index (χ0n) is 16.2. The molecule has 2 aliphatic rings. The Morgan fingerprint density at radius 3 is 2.89 bits per heavy atom. The molecule has 3 heterocycles. The van der Waals surface area contributed by atoms with Gasteiger partial charge in [-0.3, -0.25) is 4.79 Å². The van der Waals surface area contributed by atoms with Gasteiger partial charge in [-0.15, -0.1) is 0 Å². The van der Waals surface area contributed by atoms with E-state index in [2.05, 4.69) is 15.3 Å². The molecule has 4 rings (SSSR count). The van der Waals surface area contributed by atoms with Crippen molar-refractivity contribution in [3.63, 3.8) is 0 Å². The molecule has 148 valence electrons. The molecule has 6 nitrogen and oxygen atoms in total. The molecule has 0 radical (unpaired) electrons. The van der Waals surface area contributed by atoms with Crippen LogP contribution in [0.1, 0.15) is 35.0 Å². The van der Waals surface area contributed by atoms with Crippen molar-refractivity contribution in [1.82, 2.24) is 20.2 Å². The Morgan fingerprint density at radius 1 is 1.32 bits per heavy atom. The van der Waals surface area contributed by atoms with Crippen LogP contribution in [0.15, 0.2) is 29.1 Å². The Bertz CT molecular complexity index is 931. The molecule has 2 saturated heterocycles. The minimum absolute atomic E-state index is 0.0636. The largest absolute Gasteiger partial charge is 0.345 e. The van der Waals surface area contributed by atoms with E-state index < -0.39 is 0 Å². The molecule has 2 aliphatic heterocycles. The van der Waals surface area contributed by atoms with Crippen LogP contribution in [0.3, 0.4) is 0 Å². The molecular weight excluding hydrogens is 359 g/mol. The van der Waals surface area contributed by atoms with E-state index in [0.717, 1.165) is 29.9 Å². The maximum Gasteiger partial charge on any atom is 0.345 e. The number of H-pyrrole nitrogens is 1. The van der Waals surface area contributed by atoms with Gasteiger partial charge in [0.05, 0.1) is 6.04 Å². The maximum atomic E-state index is 13.8. The van der Waals surface area contributed by atoms with Crippen molar-refractivity contribution >= 4 is 5.91 Å². The van der Waals surface area contributed by atoms with Crippen LogP contribution in [0.2, 0.25) is 0 Å². The Labute approximate surface area is 163 Å². The van der Waals surface area contributed by atoms with Crippen LogP contribution in [0.5, 0.6) is 0 Å². The van der Waals surface area contributed by atoms with Gasteiger partial charge in [-0.1, -0.05) is 12.1 Å². The minimum Gasteiger partial charge on any atom is -0.335 e. The van der Waals surface area contributed by atoms with E-state index in [4.69, 9.17) is 0 Å². The van der Waals surface area contributed by atoms with Crippen LogP contribution in [-0.2, 0) is 11.2 Å². The number of likely N-dealkylation sites (tertiary alicyclic amines) is 1. The van der Waals surface area contributed by atoms with Crippen molar-refractivity contribution in [3.8, 4) is 0 Å². The monoisotopic (exact) mass is 384 g/mol. The van der Waals surface area contributed by atoms with Gasteiger partial charge in [-0.05, 0) is 49.4 Å². The molecule has 2 fully saturated rings. The lowest BCUT2D eigenvalue weighted by Gasteiger charge is -2.28. The molecule has 2 N–H and O–H groups in total. The third-order valence-electron chi connectivity index (χ3n) is 6.12. The van der Waals surface area contributed by atoms with Gasteiger partial charge in [-0.25, -0.2) is 9.18 Å². The van der Waals surface area contributed by atoms with Crippen molar-refractivity contribution < 1.29 is 9.18 Å². The second kappa shape index (κ2) is 7.47. The molecule has 0 spiro atoms. The normalized spacial score (nSPS) is 23.8. The SMILES string of the molecule is Cc1nc(=O)[nH]c(C)c1CCC(=O)N1C[C@@H]2CNC[C@@H]2[C@H]1c1cccc(F)c1. The molecule has 1 aromatic heterocycles. The van der Waals surface area contributed by atoms with Gasteiger partial charge < -0.3 is 15.2 Å². The number of aromatic amines is 1. The molecule has 0 unspecified atom stereocenters. The summed E-state index contributed by atoms with van der Waals surface area (Å²) in [5.74, 6) is 0.498. The average Bonchev–Trinajstić information content (AvgIpc) is 3.21. The van der Waals surface area contributed by atoms with Gasteiger partial charge in [0, 0.05) is 43.4 Å². The fourth-order valence-corrected chi connectivity index (χ4v) is 4.79. The fraction of sp³-hybridized carbons (Fsp3) is 0.476. The highest BCUT2D eigenvalue weighted by Crippen LogP contribution is 2.43. The number of aryl methyl sites for hydroxylation is 2. The average molecular weight is 384 g/mol. The van der Waals surface area contributed by atoms with Crippen LogP contribution < -0.4 is 11.0 Å². The Balaban J connectivity index is 1.55. The highest BCUT2D eigenvalue weighted by Gasteiger charge is 2.46. The van der Waals surface area contributed by atoms with E-state index in [-0.39, 0.29) is 23.5 Å². The molecular formula is C21H25FN4O2. The molecule has 3 atom stereocenters. The van der Waals surface area contributed by atoms with Gasteiger partial charge in [0.15, 0.2) is 0 Å². The van der Waals surface area contributed by atoms with E-state index >= 15 is 0 Å². The summed E-state index contributed by atoms with van der Waals surface area (Å²) in [6, 6.07) is 6.51. The van der Waals surface area contributed by atoms with E-state index in [9.17, 15) is 14.0 Å². The first-order valence-electron chi connectivity index (χ1n) is 9.76. The van der Waals surface area contributed by atoms with E-state index in [1.165, 1.54) is 6.07 Å². The number of halogens is 1. The second-order valence-electron chi connectivity index (χ2n) is 7.86. The van der Waals surface area contributed by atoms with Crippen LogP contribution >= 0.6 is 0 Å². The standard InChI is InChI=1S/C21H25FN4O2/c1-12-17(13(2)25-21(28)24-12)6-7-19(27)26-11-15-9-23-10-18(15)20(26)14-4-3-5-16(22)8-14/h3-5,8,15,18,20,23H,6-7,9-11H2,1-2H3,(H,24,25,28)/t15-,18-,20+/m0/s1. The van der Waals surface area contributed by atoms with Crippen molar-refractivity contribution in [2.24, 2.45) is 11.8 Å². The lowest BCUT2D eigenvalue weighted by atomic mass is 9.89. The number of aromatic nitrogens is 2. The first kappa shape index (κ1) is 18.8. The number of nitrogens with one attached hydrogen (secondary N) is 2. The van der Waals surface area contributed by atoms with Gasteiger partial charge in [0.25, 0.3) is 0 Å². The highest BCUT2D eigenvalue weighted by molar-refractivity contribution is 5.77. The second-order valence-corrected chi connectivity index (χ2v) is 7.86. The van der Waals surface area contributed by atoms with Crippen LogP contribution in [0, 0.1) is 31.5 Å². The quantitative estimate of drug-likeness (QED) is 0.844. The van der Waals surface area contributed by atoms with Crippen LogP contribution in [0.4, 0.5) is 4.39 Å². The minimum atomic E-state index is -0.365. The summed E-state index contributed by atoms with van der Waals surface area (Å²) in [6.07, 6.45) is 0.869. The predicted molar refractivity (Wildman–Crippen MR) is 103 cm³/mol. The third kappa shape index (κ3) is 3.46. The Kier molecular flexibility index (Phi) is 5.02. The van der Waals surface area contributed by atoms with Crippen LogP contribution in [0.25, 0.3) is 0 Å². The van der Waals surface area contributed by atoms with Crippen molar-refractivity contribution in [2.45, 2.75) is 32.7 Å². The summed E-state index contributed by atoms with van der Waals surface area (Å²) in [6.45, 7) is 6.06. The number of carbonyl (C=O) groups is 1. The molecule has 28 heavy (non-hydrogen) atoms. The van der Waals surface area contributed by atoms with Gasteiger partial charge in [-0.2, -0.15) is 4.98 Å². The topological polar surface area (TPSA) is 78.1 Å². The summed E-state index contributed by atoms with van der Waals surface area (Å²) < 4.78 is 13.8. The Morgan fingerprint density at radius 2 is 2.14 bits per heavy atom. The van der Waals surface area contributed by atoms with Gasteiger partial charge >= 0.3 is 5.69 Å². The number of carbonyl (C=O) groups excluding carboxylic acids is 1. The smallest absolute Gasteiger partial charge is 0.335 e. The zero-order valence-corrected chi connectivity index (χ0v) is 16.2. The van der Waals surface area contributed by atoms with E-state index in [1.54, 1.807) is 19.1 Å². The zero-order chi connectivity index (χ0) is 19.8. The molecule has 7 heteroatoms. The number of fused-ring (bicyclic) bond motifs is 1. The van der Waals surface area contributed by atoms with Crippen LogP contribution in [-0.4, -0.2) is 40.4 Å². The molecule has 1 aromatic carbocycles. The fourth-order valence-electron chi connectivity index (χ4n) is 4.79.